The fraction of sp³-hybridized carbons (Fsp3) is 0.533. The second kappa shape index (κ2) is 7.17. The summed E-state index contributed by atoms with van der Waals surface area (Å²) in [5.74, 6) is 1.02. The lowest BCUT2D eigenvalue weighted by atomic mass is 9.83. The number of carbonyl (C=O) groups excluding carboxylic acids is 1. The van der Waals surface area contributed by atoms with E-state index >= 15 is 0 Å². The predicted octanol–water partition coefficient (Wildman–Crippen LogP) is 2.24. The van der Waals surface area contributed by atoms with Gasteiger partial charge in [0.1, 0.15) is 5.75 Å². The summed E-state index contributed by atoms with van der Waals surface area (Å²) in [6, 6.07) is 6.11. The van der Waals surface area contributed by atoms with Crippen LogP contribution in [-0.2, 0) is 4.79 Å². The van der Waals surface area contributed by atoms with Crippen molar-refractivity contribution in [2.75, 3.05) is 13.2 Å². The van der Waals surface area contributed by atoms with Crippen LogP contribution in [-0.4, -0.2) is 31.1 Å². The van der Waals surface area contributed by atoms with Gasteiger partial charge < -0.3 is 10.1 Å². The van der Waals surface area contributed by atoms with E-state index in [1.807, 2.05) is 6.07 Å². The van der Waals surface area contributed by atoms with Crippen LogP contribution in [0.3, 0.4) is 0 Å². The molecule has 0 aromatic heterocycles. The minimum Gasteiger partial charge on any atom is -0.482 e. The number of ether oxygens (including phenoxy) is 1. The van der Waals surface area contributed by atoms with Crippen LogP contribution < -0.4 is 20.9 Å². The number of amides is 1. The van der Waals surface area contributed by atoms with Gasteiger partial charge in [0.05, 0.1) is 5.02 Å². The summed E-state index contributed by atoms with van der Waals surface area (Å²) < 4.78 is 6.37. The van der Waals surface area contributed by atoms with Crippen molar-refractivity contribution in [2.24, 2.45) is 5.92 Å². The highest BCUT2D eigenvalue weighted by molar-refractivity contribution is 9.10. The first-order valence-corrected chi connectivity index (χ1v) is 8.64. The van der Waals surface area contributed by atoms with E-state index in [-0.39, 0.29) is 18.6 Å². The fourth-order valence-corrected chi connectivity index (χ4v) is 3.86. The summed E-state index contributed by atoms with van der Waals surface area (Å²) >= 11 is 9.40. The van der Waals surface area contributed by atoms with Gasteiger partial charge in [-0.1, -0.05) is 27.5 Å². The summed E-state index contributed by atoms with van der Waals surface area (Å²) in [5, 5.41) is 3.55. The van der Waals surface area contributed by atoms with Crippen molar-refractivity contribution in [1.29, 1.82) is 0 Å². The molecule has 3 N–H and O–H groups in total. The number of rotatable bonds is 4. The Labute approximate surface area is 143 Å². The Hall–Kier alpha value is -0.820. The van der Waals surface area contributed by atoms with E-state index in [1.54, 1.807) is 12.1 Å². The lowest BCUT2D eigenvalue weighted by Crippen LogP contribution is -2.45. The van der Waals surface area contributed by atoms with Crippen LogP contribution in [0.4, 0.5) is 0 Å². The van der Waals surface area contributed by atoms with Crippen LogP contribution in [0, 0.1) is 5.92 Å². The van der Waals surface area contributed by atoms with Crippen molar-refractivity contribution in [2.45, 2.75) is 31.3 Å². The van der Waals surface area contributed by atoms with Crippen molar-refractivity contribution in [3.63, 3.8) is 0 Å². The highest BCUT2D eigenvalue weighted by Crippen LogP contribution is 2.28. The molecule has 0 radical (unpaired) electrons. The van der Waals surface area contributed by atoms with Crippen LogP contribution in [0.5, 0.6) is 5.75 Å². The second-order valence-corrected chi connectivity index (χ2v) is 7.16. The molecule has 2 fully saturated rings. The largest absolute Gasteiger partial charge is 0.482 e. The molecule has 3 unspecified atom stereocenters. The van der Waals surface area contributed by atoms with Gasteiger partial charge in [-0.3, -0.25) is 15.6 Å². The van der Waals surface area contributed by atoms with Gasteiger partial charge in [-0.25, -0.2) is 0 Å². The number of hydrogen-bond acceptors (Lipinski definition) is 4. The van der Waals surface area contributed by atoms with E-state index in [0.717, 1.165) is 30.3 Å². The summed E-state index contributed by atoms with van der Waals surface area (Å²) in [4.78, 5) is 12.0. The minimum absolute atomic E-state index is 0.0115. The second-order valence-electron chi connectivity index (χ2n) is 5.83. The van der Waals surface area contributed by atoms with Gasteiger partial charge in [-0.2, -0.15) is 0 Å². The molecule has 1 aliphatic carbocycles. The Morgan fingerprint density at radius 1 is 1.45 bits per heavy atom. The number of benzene rings is 1. The molecule has 22 heavy (non-hydrogen) atoms. The number of carbonyl (C=O) groups is 1. The third kappa shape index (κ3) is 3.93. The minimum atomic E-state index is -0.0960. The van der Waals surface area contributed by atoms with Crippen LogP contribution in [0.15, 0.2) is 22.7 Å². The predicted molar refractivity (Wildman–Crippen MR) is 88.8 cm³/mol. The molecule has 1 heterocycles. The molecule has 120 valence electrons. The molecule has 0 spiro atoms. The Morgan fingerprint density at radius 2 is 2.32 bits per heavy atom. The molecule has 1 amide bonds. The van der Waals surface area contributed by atoms with Gasteiger partial charge in [0.25, 0.3) is 5.91 Å². The lowest BCUT2D eigenvalue weighted by Gasteiger charge is -2.31. The summed E-state index contributed by atoms with van der Waals surface area (Å²) in [5.41, 5.74) is 6.47. The zero-order chi connectivity index (χ0) is 15.5. The summed E-state index contributed by atoms with van der Waals surface area (Å²) in [6.45, 7) is 0.963. The van der Waals surface area contributed by atoms with Crippen molar-refractivity contribution in [1.82, 2.24) is 16.2 Å². The SMILES string of the molecule is O=C(COc1ccc(Br)cc1Cl)NC1CCC2NNCC2C1. The third-order valence-corrected chi connectivity index (χ3v) is 5.04. The van der Waals surface area contributed by atoms with E-state index in [4.69, 9.17) is 16.3 Å². The maximum atomic E-state index is 12.0. The topological polar surface area (TPSA) is 62.4 Å². The molecule has 1 aromatic carbocycles. The quantitative estimate of drug-likeness (QED) is 0.740. The summed E-state index contributed by atoms with van der Waals surface area (Å²) in [6.07, 6.45) is 3.10. The molecule has 3 atom stereocenters. The highest BCUT2D eigenvalue weighted by atomic mass is 79.9. The molecule has 5 nitrogen and oxygen atoms in total. The first kappa shape index (κ1) is 16.1. The molecule has 3 rings (SSSR count). The standard InChI is InChI=1S/C15H19BrClN3O2/c16-10-1-4-14(12(17)6-10)22-8-15(21)19-11-2-3-13-9(5-11)7-18-20-13/h1,4,6,9,11,13,18,20H,2-3,5,7-8H2,(H,19,21). The van der Waals surface area contributed by atoms with Crippen LogP contribution in [0.1, 0.15) is 19.3 Å². The lowest BCUT2D eigenvalue weighted by molar-refractivity contribution is -0.124. The van der Waals surface area contributed by atoms with E-state index < -0.39 is 0 Å². The molecule has 1 saturated carbocycles. The Kier molecular flexibility index (Phi) is 5.23. The first-order valence-electron chi connectivity index (χ1n) is 7.47. The van der Waals surface area contributed by atoms with Crippen molar-refractivity contribution in [3.05, 3.63) is 27.7 Å². The Morgan fingerprint density at radius 3 is 3.14 bits per heavy atom. The number of nitrogens with one attached hydrogen (secondary N) is 3. The number of halogens is 2. The molecule has 0 bridgehead atoms. The Balaban J connectivity index is 1.46. The first-order chi connectivity index (χ1) is 10.6. The van der Waals surface area contributed by atoms with Crippen LogP contribution in [0.2, 0.25) is 5.02 Å². The van der Waals surface area contributed by atoms with Crippen molar-refractivity contribution < 1.29 is 9.53 Å². The van der Waals surface area contributed by atoms with Crippen molar-refractivity contribution >= 4 is 33.4 Å². The number of fused-ring (bicyclic) bond motifs is 1. The molecular formula is C15H19BrClN3O2. The van der Waals surface area contributed by atoms with Crippen LogP contribution in [0.25, 0.3) is 0 Å². The van der Waals surface area contributed by atoms with Gasteiger partial charge in [0, 0.05) is 23.1 Å². The molecule has 1 aliphatic heterocycles. The van der Waals surface area contributed by atoms with Gasteiger partial charge in [0.15, 0.2) is 6.61 Å². The molecule has 7 heteroatoms. The molecular weight excluding hydrogens is 370 g/mol. The zero-order valence-corrected chi connectivity index (χ0v) is 14.4. The smallest absolute Gasteiger partial charge is 0.258 e. The number of hydrogen-bond donors (Lipinski definition) is 3. The monoisotopic (exact) mass is 387 g/mol. The Bertz CT molecular complexity index is 558. The summed E-state index contributed by atoms with van der Waals surface area (Å²) in [7, 11) is 0. The van der Waals surface area contributed by atoms with Gasteiger partial charge >= 0.3 is 0 Å². The maximum Gasteiger partial charge on any atom is 0.258 e. The van der Waals surface area contributed by atoms with E-state index in [1.165, 1.54) is 0 Å². The number of hydrazine groups is 1. The average Bonchev–Trinajstić information content (AvgIpc) is 2.94. The van der Waals surface area contributed by atoms with Gasteiger partial charge in [-0.05, 0) is 43.4 Å². The zero-order valence-electron chi connectivity index (χ0n) is 12.1. The van der Waals surface area contributed by atoms with Crippen molar-refractivity contribution in [3.8, 4) is 5.75 Å². The highest BCUT2D eigenvalue weighted by Gasteiger charge is 2.34. The maximum absolute atomic E-state index is 12.0. The fourth-order valence-electron chi connectivity index (χ4n) is 3.14. The van der Waals surface area contributed by atoms with Gasteiger partial charge in [0.2, 0.25) is 0 Å². The van der Waals surface area contributed by atoms with E-state index in [2.05, 4.69) is 32.1 Å². The van der Waals surface area contributed by atoms with Gasteiger partial charge in [-0.15, -0.1) is 0 Å². The molecule has 1 aromatic rings. The molecule has 2 aliphatic rings. The van der Waals surface area contributed by atoms with E-state index in [0.29, 0.717) is 22.7 Å². The average molecular weight is 389 g/mol. The van der Waals surface area contributed by atoms with E-state index in [9.17, 15) is 4.79 Å². The van der Waals surface area contributed by atoms with Crippen LogP contribution >= 0.6 is 27.5 Å². The molecule has 1 saturated heterocycles. The third-order valence-electron chi connectivity index (χ3n) is 4.25. The normalized spacial score (nSPS) is 27.3.